The number of nitrogens with zero attached hydrogens (tertiary/aromatic N) is 7. The van der Waals surface area contributed by atoms with Gasteiger partial charge in [0.05, 0.1) is 0 Å². The Morgan fingerprint density at radius 3 is 2.22 bits per heavy atom. The highest BCUT2D eigenvalue weighted by atomic mass is 15.3. The SMILES string of the molecule is CCc1cc(N2CCC(N(c3cc(N(C)C)ncn3)C3CC3)CC2)ncn1. The van der Waals surface area contributed by atoms with Crippen molar-refractivity contribution in [3.05, 3.63) is 30.5 Å². The van der Waals surface area contributed by atoms with E-state index in [-0.39, 0.29) is 0 Å². The Morgan fingerprint density at radius 1 is 0.889 bits per heavy atom. The molecule has 0 bridgehead atoms. The van der Waals surface area contributed by atoms with Crippen LogP contribution < -0.4 is 14.7 Å². The van der Waals surface area contributed by atoms with E-state index in [1.807, 2.05) is 19.0 Å². The summed E-state index contributed by atoms with van der Waals surface area (Å²) in [7, 11) is 4.05. The first-order chi connectivity index (χ1) is 13.2. The molecule has 0 spiro atoms. The molecule has 27 heavy (non-hydrogen) atoms. The molecule has 1 saturated carbocycles. The molecule has 1 saturated heterocycles. The predicted molar refractivity (Wildman–Crippen MR) is 109 cm³/mol. The zero-order chi connectivity index (χ0) is 18.8. The summed E-state index contributed by atoms with van der Waals surface area (Å²) in [6.07, 6.45) is 9.14. The lowest BCUT2D eigenvalue weighted by molar-refractivity contribution is 0.457. The van der Waals surface area contributed by atoms with Crippen LogP contribution in [0.5, 0.6) is 0 Å². The molecular weight excluding hydrogens is 338 g/mol. The Labute approximate surface area is 161 Å². The molecule has 7 heteroatoms. The largest absolute Gasteiger partial charge is 0.363 e. The monoisotopic (exact) mass is 367 g/mol. The van der Waals surface area contributed by atoms with Crippen LogP contribution in [0.4, 0.5) is 17.5 Å². The summed E-state index contributed by atoms with van der Waals surface area (Å²) in [6, 6.07) is 5.43. The maximum Gasteiger partial charge on any atom is 0.134 e. The van der Waals surface area contributed by atoms with Crippen LogP contribution >= 0.6 is 0 Å². The van der Waals surface area contributed by atoms with Crippen LogP contribution in [-0.4, -0.2) is 59.2 Å². The molecule has 0 radical (unpaired) electrons. The molecule has 2 aromatic heterocycles. The Bertz CT molecular complexity index is 766. The first kappa shape index (κ1) is 17.9. The summed E-state index contributed by atoms with van der Waals surface area (Å²) in [5.41, 5.74) is 1.11. The van der Waals surface area contributed by atoms with Crippen molar-refractivity contribution in [3.8, 4) is 0 Å². The number of piperidine rings is 1. The van der Waals surface area contributed by atoms with E-state index in [1.54, 1.807) is 12.7 Å². The van der Waals surface area contributed by atoms with Gasteiger partial charge in [0.1, 0.15) is 30.1 Å². The number of hydrogen-bond donors (Lipinski definition) is 0. The van der Waals surface area contributed by atoms with Gasteiger partial charge in [0.2, 0.25) is 0 Å². The zero-order valence-corrected chi connectivity index (χ0v) is 16.5. The van der Waals surface area contributed by atoms with Crippen LogP contribution in [0.1, 0.15) is 38.3 Å². The number of rotatable bonds is 6. The summed E-state index contributed by atoms with van der Waals surface area (Å²) in [6.45, 7) is 4.19. The molecule has 0 atom stereocenters. The highest BCUT2D eigenvalue weighted by Gasteiger charge is 2.36. The topological polar surface area (TPSA) is 61.3 Å². The average molecular weight is 368 g/mol. The van der Waals surface area contributed by atoms with Crippen LogP contribution in [0.25, 0.3) is 0 Å². The van der Waals surface area contributed by atoms with Gasteiger partial charge in [-0.05, 0) is 32.1 Å². The Balaban J connectivity index is 1.47. The fourth-order valence-corrected chi connectivity index (χ4v) is 3.87. The van der Waals surface area contributed by atoms with Gasteiger partial charge in [-0.25, -0.2) is 19.9 Å². The van der Waals surface area contributed by atoms with E-state index >= 15 is 0 Å². The summed E-state index contributed by atoms with van der Waals surface area (Å²) in [5.74, 6) is 3.11. The van der Waals surface area contributed by atoms with Crippen LogP contribution in [0.2, 0.25) is 0 Å². The Morgan fingerprint density at radius 2 is 1.56 bits per heavy atom. The molecule has 7 nitrogen and oxygen atoms in total. The van der Waals surface area contributed by atoms with Crippen LogP contribution in [0, 0.1) is 0 Å². The highest BCUT2D eigenvalue weighted by Crippen LogP contribution is 2.36. The number of anilines is 3. The third kappa shape index (κ3) is 3.96. The second-order valence-corrected chi connectivity index (χ2v) is 7.71. The molecule has 2 fully saturated rings. The highest BCUT2D eigenvalue weighted by molar-refractivity contribution is 5.52. The van der Waals surface area contributed by atoms with Crippen LogP contribution in [0.3, 0.4) is 0 Å². The van der Waals surface area contributed by atoms with E-state index in [1.165, 1.54) is 12.8 Å². The summed E-state index contributed by atoms with van der Waals surface area (Å²) >= 11 is 0. The van der Waals surface area contributed by atoms with Gasteiger partial charge in [0, 0.05) is 57.1 Å². The molecule has 0 unspecified atom stereocenters. The lowest BCUT2D eigenvalue weighted by Gasteiger charge is -2.40. The van der Waals surface area contributed by atoms with E-state index in [4.69, 9.17) is 0 Å². The summed E-state index contributed by atoms with van der Waals surface area (Å²) < 4.78 is 0. The molecule has 144 valence electrons. The molecule has 1 aliphatic heterocycles. The van der Waals surface area contributed by atoms with E-state index in [0.717, 1.165) is 55.5 Å². The van der Waals surface area contributed by atoms with Gasteiger partial charge in [-0.1, -0.05) is 6.92 Å². The van der Waals surface area contributed by atoms with Crippen molar-refractivity contribution in [1.29, 1.82) is 0 Å². The lowest BCUT2D eigenvalue weighted by Crippen LogP contribution is -2.46. The molecule has 1 aliphatic carbocycles. The quantitative estimate of drug-likeness (QED) is 0.777. The normalized spacial score (nSPS) is 17.8. The minimum absolute atomic E-state index is 0.533. The molecule has 4 rings (SSSR count). The van der Waals surface area contributed by atoms with Crippen LogP contribution in [0.15, 0.2) is 24.8 Å². The first-order valence-electron chi connectivity index (χ1n) is 9.99. The van der Waals surface area contributed by atoms with Gasteiger partial charge in [0.15, 0.2) is 0 Å². The van der Waals surface area contributed by atoms with Gasteiger partial charge in [-0.15, -0.1) is 0 Å². The third-order valence-electron chi connectivity index (χ3n) is 5.55. The van der Waals surface area contributed by atoms with Crippen molar-refractivity contribution in [2.45, 2.75) is 51.1 Å². The molecular formula is C20H29N7. The summed E-state index contributed by atoms with van der Waals surface area (Å²) in [4.78, 5) is 24.8. The van der Waals surface area contributed by atoms with Gasteiger partial charge >= 0.3 is 0 Å². The lowest BCUT2D eigenvalue weighted by atomic mass is 10.0. The number of aromatic nitrogens is 4. The number of aryl methyl sites for hydroxylation is 1. The number of hydrogen-bond acceptors (Lipinski definition) is 7. The fourth-order valence-electron chi connectivity index (χ4n) is 3.87. The van der Waals surface area contributed by atoms with Crippen molar-refractivity contribution in [3.63, 3.8) is 0 Å². The van der Waals surface area contributed by atoms with Gasteiger partial charge in [0.25, 0.3) is 0 Å². The second-order valence-electron chi connectivity index (χ2n) is 7.71. The van der Waals surface area contributed by atoms with Crippen molar-refractivity contribution in [2.75, 3.05) is 41.9 Å². The predicted octanol–water partition coefficient (Wildman–Crippen LogP) is 2.53. The minimum Gasteiger partial charge on any atom is -0.363 e. The average Bonchev–Trinajstić information content (AvgIpc) is 3.54. The molecule has 0 aromatic carbocycles. The van der Waals surface area contributed by atoms with E-state index in [0.29, 0.717) is 12.1 Å². The smallest absolute Gasteiger partial charge is 0.134 e. The third-order valence-corrected chi connectivity index (χ3v) is 5.55. The minimum atomic E-state index is 0.533. The van der Waals surface area contributed by atoms with E-state index in [9.17, 15) is 0 Å². The molecule has 3 heterocycles. The molecule has 0 amide bonds. The van der Waals surface area contributed by atoms with Gasteiger partial charge in [-0.2, -0.15) is 0 Å². The maximum atomic E-state index is 4.61. The maximum absolute atomic E-state index is 4.61. The summed E-state index contributed by atoms with van der Waals surface area (Å²) in [5, 5.41) is 0. The standard InChI is InChI=1S/C20H29N7/c1-4-15-11-19(23-13-21-15)26-9-7-17(8-10-26)27(16-5-6-16)20-12-18(25(2)3)22-14-24-20/h11-14,16-17H,4-10H2,1-3H3. The Hall–Kier alpha value is -2.44. The first-order valence-corrected chi connectivity index (χ1v) is 9.99. The van der Waals surface area contributed by atoms with Crippen molar-refractivity contribution in [1.82, 2.24) is 19.9 Å². The molecule has 2 aliphatic rings. The van der Waals surface area contributed by atoms with Crippen LogP contribution in [-0.2, 0) is 6.42 Å². The van der Waals surface area contributed by atoms with Gasteiger partial charge in [-0.3, -0.25) is 0 Å². The van der Waals surface area contributed by atoms with E-state index in [2.05, 4.69) is 48.8 Å². The van der Waals surface area contributed by atoms with Crippen molar-refractivity contribution < 1.29 is 0 Å². The Kier molecular flexibility index (Phi) is 5.09. The van der Waals surface area contributed by atoms with E-state index < -0.39 is 0 Å². The van der Waals surface area contributed by atoms with Gasteiger partial charge < -0.3 is 14.7 Å². The molecule has 2 aromatic rings. The second kappa shape index (κ2) is 7.66. The van der Waals surface area contributed by atoms with Crippen molar-refractivity contribution in [2.24, 2.45) is 0 Å². The molecule has 0 N–H and O–H groups in total. The van der Waals surface area contributed by atoms with Crippen molar-refractivity contribution >= 4 is 17.5 Å². The fraction of sp³-hybridized carbons (Fsp3) is 0.600. The zero-order valence-electron chi connectivity index (χ0n) is 16.5.